The lowest BCUT2D eigenvalue weighted by molar-refractivity contribution is -0.137. The molecule has 0 spiro atoms. The Morgan fingerprint density at radius 2 is 1.91 bits per heavy atom. The fourth-order valence-electron chi connectivity index (χ4n) is 3.90. The molecule has 0 radical (unpaired) electrons. The minimum Gasteiger partial charge on any atom is -0.380 e. The van der Waals surface area contributed by atoms with E-state index in [1.165, 1.54) is 19.2 Å². The van der Waals surface area contributed by atoms with Crippen molar-refractivity contribution in [1.29, 1.82) is 0 Å². The number of pyridine rings is 1. The number of halogens is 3. The van der Waals surface area contributed by atoms with E-state index in [9.17, 15) is 22.8 Å². The minimum absolute atomic E-state index is 0.187. The Kier molecular flexibility index (Phi) is 5.94. The number of aromatic nitrogens is 1. The fraction of sp³-hybridized carbons (Fsp3) is 0.261. The van der Waals surface area contributed by atoms with Gasteiger partial charge >= 0.3 is 12.2 Å². The number of urea groups is 1. The van der Waals surface area contributed by atoms with Gasteiger partial charge in [0.25, 0.3) is 5.91 Å². The Bertz CT molecular complexity index is 1230. The van der Waals surface area contributed by atoms with Gasteiger partial charge in [-0.25, -0.2) is 4.79 Å². The zero-order valence-electron chi connectivity index (χ0n) is 17.9. The van der Waals surface area contributed by atoms with Gasteiger partial charge in [-0.15, -0.1) is 0 Å². The molecular formula is C23H21F3N4O3. The van der Waals surface area contributed by atoms with Gasteiger partial charge in [0, 0.05) is 44.4 Å². The van der Waals surface area contributed by atoms with Crippen LogP contribution in [-0.4, -0.2) is 49.1 Å². The van der Waals surface area contributed by atoms with E-state index in [0.29, 0.717) is 35.2 Å². The monoisotopic (exact) mass is 458 g/mol. The normalized spacial score (nSPS) is 14.3. The number of likely N-dealkylation sites (N-methyl/N-ethyl adjacent to an activating group) is 1. The number of anilines is 2. The number of benzene rings is 2. The molecule has 3 amide bonds. The van der Waals surface area contributed by atoms with Gasteiger partial charge in [-0.2, -0.15) is 13.2 Å². The smallest absolute Gasteiger partial charge is 0.380 e. The van der Waals surface area contributed by atoms with Crippen LogP contribution in [0.15, 0.2) is 48.7 Å². The summed E-state index contributed by atoms with van der Waals surface area (Å²) in [6.45, 7) is 1.21. The lowest BCUT2D eigenvalue weighted by Crippen LogP contribution is -2.30. The Morgan fingerprint density at radius 1 is 1.15 bits per heavy atom. The van der Waals surface area contributed by atoms with E-state index in [0.717, 1.165) is 12.1 Å². The van der Waals surface area contributed by atoms with Crippen LogP contribution < -0.4 is 10.2 Å². The second-order valence-corrected chi connectivity index (χ2v) is 7.62. The van der Waals surface area contributed by atoms with Crippen LogP contribution in [-0.2, 0) is 17.5 Å². The molecule has 1 aliphatic rings. The van der Waals surface area contributed by atoms with Crippen LogP contribution in [0.1, 0.15) is 21.5 Å². The third-order valence-corrected chi connectivity index (χ3v) is 5.46. The molecule has 2 aromatic carbocycles. The summed E-state index contributed by atoms with van der Waals surface area (Å²) < 4.78 is 45.4. The van der Waals surface area contributed by atoms with Crippen molar-refractivity contribution in [2.75, 3.05) is 37.5 Å². The molecule has 1 N–H and O–H groups in total. The third-order valence-electron chi connectivity index (χ3n) is 5.46. The fourth-order valence-corrected chi connectivity index (χ4v) is 3.90. The molecule has 0 unspecified atom stereocenters. The quantitative estimate of drug-likeness (QED) is 0.610. The number of methoxy groups -OCH3 is 1. The van der Waals surface area contributed by atoms with E-state index >= 15 is 0 Å². The first-order valence-electron chi connectivity index (χ1n) is 10.1. The maximum absolute atomic E-state index is 13.4. The topological polar surface area (TPSA) is 74.8 Å². The van der Waals surface area contributed by atoms with Crippen molar-refractivity contribution in [3.63, 3.8) is 0 Å². The highest BCUT2D eigenvalue weighted by molar-refractivity contribution is 6.12. The van der Waals surface area contributed by atoms with E-state index in [4.69, 9.17) is 4.74 Å². The Hall–Kier alpha value is -3.66. The zero-order chi connectivity index (χ0) is 23.8. The molecule has 2 heterocycles. The second kappa shape index (κ2) is 8.70. The number of carbonyl (C=O) groups excluding carboxylic acids is 2. The van der Waals surface area contributed by atoms with E-state index < -0.39 is 23.2 Å². The summed E-state index contributed by atoms with van der Waals surface area (Å²) in [7, 11) is 3.23. The number of nitrogens with one attached hydrogen (secondary N) is 1. The molecule has 0 saturated carbocycles. The number of para-hydroxylation sites is 1. The maximum Gasteiger partial charge on any atom is 0.417 e. The molecule has 0 aliphatic carbocycles. The maximum atomic E-state index is 13.4. The number of carbonyl (C=O) groups is 2. The van der Waals surface area contributed by atoms with Crippen molar-refractivity contribution in [2.45, 2.75) is 12.8 Å². The van der Waals surface area contributed by atoms with Gasteiger partial charge in [0.15, 0.2) is 0 Å². The van der Waals surface area contributed by atoms with Crippen molar-refractivity contribution < 1.29 is 27.5 Å². The number of alkyl halides is 3. The van der Waals surface area contributed by atoms with Crippen LogP contribution in [0.2, 0.25) is 0 Å². The number of hydrogen-bond donors (Lipinski definition) is 1. The number of ether oxygens (including phenoxy) is 1. The van der Waals surface area contributed by atoms with Crippen molar-refractivity contribution in [1.82, 2.24) is 9.88 Å². The minimum atomic E-state index is -4.67. The molecule has 3 aromatic rings. The van der Waals surface area contributed by atoms with Crippen molar-refractivity contribution >= 4 is 34.2 Å². The van der Waals surface area contributed by atoms with E-state index in [2.05, 4.69) is 10.3 Å². The van der Waals surface area contributed by atoms with Gasteiger partial charge in [0.05, 0.1) is 34.6 Å². The van der Waals surface area contributed by atoms with Crippen LogP contribution >= 0.6 is 0 Å². The molecule has 0 atom stereocenters. The van der Waals surface area contributed by atoms with Crippen LogP contribution in [0.5, 0.6) is 0 Å². The summed E-state index contributed by atoms with van der Waals surface area (Å²) in [6.07, 6.45) is -3.12. The predicted molar refractivity (Wildman–Crippen MR) is 117 cm³/mol. The summed E-state index contributed by atoms with van der Waals surface area (Å²) in [5.41, 5.74) is 0.355. The summed E-state index contributed by atoms with van der Waals surface area (Å²) in [5.74, 6) is -0.906. The first-order chi connectivity index (χ1) is 15.7. The molecule has 0 bridgehead atoms. The van der Waals surface area contributed by atoms with E-state index in [1.54, 1.807) is 41.2 Å². The van der Waals surface area contributed by atoms with Gasteiger partial charge < -0.3 is 15.0 Å². The average molecular weight is 458 g/mol. The first-order valence-corrected chi connectivity index (χ1v) is 10.1. The van der Waals surface area contributed by atoms with Crippen LogP contribution in [0.4, 0.5) is 29.3 Å². The van der Waals surface area contributed by atoms with Crippen molar-refractivity contribution in [2.24, 2.45) is 0 Å². The van der Waals surface area contributed by atoms with Gasteiger partial charge in [0.2, 0.25) is 0 Å². The van der Waals surface area contributed by atoms with Crippen molar-refractivity contribution in [3.05, 3.63) is 65.4 Å². The average Bonchev–Trinajstić information content (AvgIpc) is 3.11. The van der Waals surface area contributed by atoms with Gasteiger partial charge in [0.1, 0.15) is 0 Å². The molecular weight excluding hydrogens is 437 g/mol. The molecule has 7 nitrogen and oxygen atoms in total. The Balaban J connectivity index is 1.79. The molecule has 1 saturated heterocycles. The highest BCUT2D eigenvalue weighted by Crippen LogP contribution is 2.36. The highest BCUT2D eigenvalue weighted by atomic mass is 19.4. The molecule has 1 aliphatic heterocycles. The molecule has 4 rings (SSSR count). The number of fused-ring (bicyclic) bond motifs is 1. The largest absolute Gasteiger partial charge is 0.417 e. The van der Waals surface area contributed by atoms with Gasteiger partial charge in [-0.3, -0.25) is 14.7 Å². The molecule has 172 valence electrons. The molecule has 1 fully saturated rings. The molecule has 10 heteroatoms. The lowest BCUT2D eigenvalue weighted by Gasteiger charge is -2.22. The second-order valence-electron chi connectivity index (χ2n) is 7.62. The van der Waals surface area contributed by atoms with Crippen LogP contribution in [0, 0.1) is 0 Å². The summed E-state index contributed by atoms with van der Waals surface area (Å²) >= 11 is 0. The zero-order valence-corrected chi connectivity index (χ0v) is 17.9. The van der Waals surface area contributed by atoms with Crippen LogP contribution in [0.3, 0.4) is 0 Å². The first kappa shape index (κ1) is 22.5. The summed E-state index contributed by atoms with van der Waals surface area (Å²) in [4.78, 5) is 33.1. The van der Waals surface area contributed by atoms with Crippen LogP contribution in [0.25, 0.3) is 10.9 Å². The highest BCUT2D eigenvalue weighted by Gasteiger charge is 2.35. The van der Waals surface area contributed by atoms with Gasteiger partial charge in [-0.1, -0.05) is 24.3 Å². The third kappa shape index (κ3) is 4.21. The standard InChI is InChI=1S/C23H21F3N4O3/c1-29-10-11-30(22(29)32)20-14(13-33-2)12-27-19-16(20)7-5-9-18(19)28-21(31)15-6-3-4-8-17(15)23(24,25)26/h3-9,12H,10-11,13H2,1-2H3,(H,28,31). The van der Waals surface area contributed by atoms with Crippen molar-refractivity contribution in [3.8, 4) is 0 Å². The Labute approximate surface area is 187 Å². The van der Waals surface area contributed by atoms with Gasteiger partial charge in [-0.05, 0) is 18.2 Å². The SMILES string of the molecule is COCc1cnc2c(NC(=O)c3ccccc3C(F)(F)F)cccc2c1N1CCN(C)C1=O. The number of hydrogen-bond acceptors (Lipinski definition) is 4. The summed E-state index contributed by atoms with van der Waals surface area (Å²) in [6, 6.07) is 9.36. The molecule has 1 aromatic heterocycles. The van der Waals surface area contributed by atoms with E-state index in [-0.39, 0.29) is 18.3 Å². The molecule has 33 heavy (non-hydrogen) atoms. The number of rotatable bonds is 5. The number of amides is 3. The number of nitrogens with zero attached hydrogens (tertiary/aromatic N) is 3. The lowest BCUT2D eigenvalue weighted by atomic mass is 10.1. The predicted octanol–water partition coefficient (Wildman–Crippen LogP) is 4.52. The Morgan fingerprint density at radius 3 is 2.58 bits per heavy atom. The van der Waals surface area contributed by atoms with E-state index in [1.807, 2.05) is 0 Å². The summed E-state index contributed by atoms with van der Waals surface area (Å²) in [5, 5.41) is 3.14.